The summed E-state index contributed by atoms with van der Waals surface area (Å²) in [7, 11) is 0. The molecule has 0 unspecified atom stereocenters. The van der Waals surface area contributed by atoms with Crippen LogP contribution < -0.4 is 5.32 Å². The van der Waals surface area contributed by atoms with Gasteiger partial charge >= 0.3 is 0 Å². The highest BCUT2D eigenvalue weighted by atomic mass is 16.3. The first-order valence-electron chi connectivity index (χ1n) is 7.25. The molecular formula is C16H18N4O2. The number of H-pyrrole nitrogens is 1. The third kappa shape index (κ3) is 3.07. The van der Waals surface area contributed by atoms with Gasteiger partial charge in [-0.1, -0.05) is 24.3 Å². The van der Waals surface area contributed by atoms with E-state index < -0.39 is 0 Å². The van der Waals surface area contributed by atoms with Crippen LogP contribution in [0.1, 0.15) is 22.6 Å². The van der Waals surface area contributed by atoms with E-state index in [9.17, 15) is 4.79 Å². The van der Waals surface area contributed by atoms with Crippen molar-refractivity contribution in [2.24, 2.45) is 5.92 Å². The first-order chi connectivity index (χ1) is 10.7. The number of aliphatic hydroxyl groups excluding tert-OH is 1. The maximum Gasteiger partial charge on any atom is 0.251 e. The Morgan fingerprint density at radius 3 is 3.00 bits per heavy atom. The van der Waals surface area contributed by atoms with Gasteiger partial charge in [0.15, 0.2) is 5.82 Å². The molecule has 6 heteroatoms. The second-order valence-electron chi connectivity index (χ2n) is 5.47. The highest BCUT2D eigenvalue weighted by Crippen LogP contribution is 2.19. The molecule has 1 aromatic heterocycles. The Hall–Kier alpha value is -2.47. The van der Waals surface area contributed by atoms with Crippen LogP contribution in [0.4, 0.5) is 0 Å². The molecule has 1 aliphatic rings. The minimum Gasteiger partial charge on any atom is -0.396 e. The molecule has 1 amide bonds. The number of benzene rings is 1. The Morgan fingerprint density at radius 2 is 2.32 bits per heavy atom. The van der Waals surface area contributed by atoms with Gasteiger partial charge < -0.3 is 10.4 Å². The molecule has 1 heterocycles. The number of hydrogen-bond acceptors (Lipinski definition) is 4. The average Bonchev–Trinajstić information content (AvgIpc) is 3.16. The van der Waals surface area contributed by atoms with Gasteiger partial charge in [-0.3, -0.25) is 9.89 Å². The van der Waals surface area contributed by atoms with Gasteiger partial charge in [0.25, 0.3) is 5.91 Å². The lowest BCUT2D eigenvalue weighted by molar-refractivity contribution is 0.0941. The molecule has 2 aromatic rings. The van der Waals surface area contributed by atoms with E-state index >= 15 is 0 Å². The van der Waals surface area contributed by atoms with Gasteiger partial charge in [-0.15, -0.1) is 0 Å². The number of nitrogens with zero attached hydrogens (tertiary/aromatic N) is 2. The molecule has 0 radical (unpaired) electrons. The largest absolute Gasteiger partial charge is 0.396 e. The van der Waals surface area contributed by atoms with E-state index in [1.807, 2.05) is 31.2 Å². The standard InChI is InChI=1S/C16H18N4O2/c1-10-17-15(20-19-10)12-3-2-4-13(8-12)16(22)18-14-6-5-11(7-14)9-21/h2-6,8,11,14,21H,7,9H2,1H3,(H,18,22)(H,17,19,20)/t11-,14+/m0/s1. The van der Waals surface area contributed by atoms with Gasteiger partial charge in [0.1, 0.15) is 5.82 Å². The summed E-state index contributed by atoms with van der Waals surface area (Å²) in [4.78, 5) is 16.6. The summed E-state index contributed by atoms with van der Waals surface area (Å²) in [6.45, 7) is 1.94. The smallest absolute Gasteiger partial charge is 0.251 e. The van der Waals surface area contributed by atoms with E-state index in [4.69, 9.17) is 5.11 Å². The van der Waals surface area contributed by atoms with Crippen molar-refractivity contribution in [3.05, 3.63) is 47.8 Å². The fourth-order valence-electron chi connectivity index (χ4n) is 2.54. The fraction of sp³-hybridized carbons (Fsp3) is 0.312. The van der Waals surface area contributed by atoms with Gasteiger partial charge in [0.05, 0.1) is 0 Å². The van der Waals surface area contributed by atoms with E-state index in [-0.39, 0.29) is 24.5 Å². The van der Waals surface area contributed by atoms with Crippen LogP contribution in [-0.2, 0) is 0 Å². The molecular weight excluding hydrogens is 280 g/mol. The van der Waals surface area contributed by atoms with Gasteiger partial charge in [-0.05, 0) is 25.5 Å². The van der Waals surface area contributed by atoms with Gasteiger partial charge in [0.2, 0.25) is 0 Å². The quantitative estimate of drug-likeness (QED) is 0.745. The second kappa shape index (κ2) is 6.11. The van der Waals surface area contributed by atoms with Crippen molar-refractivity contribution in [2.45, 2.75) is 19.4 Å². The molecule has 2 atom stereocenters. The lowest BCUT2D eigenvalue weighted by atomic mass is 10.1. The van der Waals surface area contributed by atoms with Crippen LogP contribution in [0.3, 0.4) is 0 Å². The van der Waals surface area contributed by atoms with Crippen molar-refractivity contribution < 1.29 is 9.90 Å². The van der Waals surface area contributed by atoms with E-state index in [1.165, 1.54) is 0 Å². The van der Waals surface area contributed by atoms with Crippen LogP contribution in [0.2, 0.25) is 0 Å². The maximum absolute atomic E-state index is 12.3. The predicted molar refractivity (Wildman–Crippen MR) is 82.1 cm³/mol. The summed E-state index contributed by atoms with van der Waals surface area (Å²) >= 11 is 0. The molecule has 0 saturated carbocycles. The summed E-state index contributed by atoms with van der Waals surface area (Å²) < 4.78 is 0. The molecule has 22 heavy (non-hydrogen) atoms. The Balaban J connectivity index is 1.72. The molecule has 3 N–H and O–H groups in total. The lowest BCUT2D eigenvalue weighted by Crippen LogP contribution is -2.32. The molecule has 114 valence electrons. The number of aliphatic hydroxyl groups is 1. The predicted octanol–water partition coefficient (Wildman–Crippen LogP) is 1.45. The third-order valence-corrected chi connectivity index (χ3v) is 3.70. The van der Waals surface area contributed by atoms with Crippen LogP contribution in [0.5, 0.6) is 0 Å². The molecule has 6 nitrogen and oxygen atoms in total. The van der Waals surface area contributed by atoms with Crippen LogP contribution >= 0.6 is 0 Å². The second-order valence-corrected chi connectivity index (χ2v) is 5.47. The highest BCUT2D eigenvalue weighted by molar-refractivity contribution is 5.95. The number of rotatable bonds is 4. The van der Waals surface area contributed by atoms with Crippen molar-refractivity contribution in [1.82, 2.24) is 20.5 Å². The van der Waals surface area contributed by atoms with E-state index in [0.717, 1.165) is 17.8 Å². The Kier molecular flexibility index (Phi) is 4.02. The highest BCUT2D eigenvalue weighted by Gasteiger charge is 2.20. The van der Waals surface area contributed by atoms with Crippen LogP contribution in [0, 0.1) is 12.8 Å². The number of aromatic amines is 1. The zero-order valence-electron chi connectivity index (χ0n) is 12.3. The number of amides is 1. The number of hydrogen-bond donors (Lipinski definition) is 3. The Bertz CT molecular complexity index is 708. The fourth-order valence-corrected chi connectivity index (χ4v) is 2.54. The van der Waals surface area contributed by atoms with E-state index in [1.54, 1.807) is 12.1 Å². The maximum atomic E-state index is 12.3. The first kappa shape index (κ1) is 14.5. The summed E-state index contributed by atoms with van der Waals surface area (Å²) in [5, 5.41) is 19.0. The molecule has 3 rings (SSSR count). The average molecular weight is 298 g/mol. The SMILES string of the molecule is Cc1nc(-c2cccc(C(=O)N[C@@H]3C=C[C@H](CO)C3)c2)n[nH]1. The number of aromatic nitrogens is 3. The van der Waals surface area contributed by atoms with Gasteiger partial charge in [-0.25, -0.2) is 4.98 Å². The number of carbonyl (C=O) groups is 1. The zero-order valence-corrected chi connectivity index (χ0v) is 12.3. The number of carbonyl (C=O) groups excluding carboxylic acids is 1. The lowest BCUT2D eigenvalue weighted by Gasteiger charge is -2.13. The molecule has 1 aliphatic carbocycles. The summed E-state index contributed by atoms with van der Waals surface area (Å²) in [6.07, 6.45) is 4.61. The monoisotopic (exact) mass is 298 g/mol. The Labute approximate surface area is 128 Å². The molecule has 0 fully saturated rings. The van der Waals surface area contributed by atoms with Crippen LogP contribution in [0.15, 0.2) is 36.4 Å². The Morgan fingerprint density at radius 1 is 1.45 bits per heavy atom. The number of aryl methyl sites for hydroxylation is 1. The van der Waals surface area contributed by atoms with Gasteiger partial charge in [-0.2, -0.15) is 5.10 Å². The topological polar surface area (TPSA) is 90.9 Å². The van der Waals surface area contributed by atoms with E-state index in [2.05, 4.69) is 20.5 Å². The van der Waals surface area contributed by atoms with Crippen molar-refractivity contribution in [1.29, 1.82) is 0 Å². The normalized spacial score (nSPS) is 20.3. The van der Waals surface area contributed by atoms with E-state index in [0.29, 0.717) is 11.4 Å². The zero-order chi connectivity index (χ0) is 15.5. The number of nitrogens with one attached hydrogen (secondary N) is 2. The van der Waals surface area contributed by atoms with Crippen molar-refractivity contribution in [2.75, 3.05) is 6.61 Å². The first-order valence-corrected chi connectivity index (χ1v) is 7.25. The third-order valence-electron chi connectivity index (χ3n) is 3.70. The molecule has 1 aromatic carbocycles. The summed E-state index contributed by atoms with van der Waals surface area (Å²) in [5.74, 6) is 1.31. The summed E-state index contributed by atoms with van der Waals surface area (Å²) in [5.41, 5.74) is 1.37. The molecule has 0 saturated heterocycles. The van der Waals surface area contributed by atoms with Crippen molar-refractivity contribution >= 4 is 5.91 Å². The summed E-state index contributed by atoms with van der Waals surface area (Å²) in [6, 6.07) is 7.20. The molecule has 0 aliphatic heterocycles. The van der Waals surface area contributed by atoms with Crippen molar-refractivity contribution in [3.8, 4) is 11.4 Å². The minimum absolute atomic E-state index is 0.0286. The van der Waals surface area contributed by atoms with Crippen LogP contribution in [0.25, 0.3) is 11.4 Å². The minimum atomic E-state index is -0.137. The van der Waals surface area contributed by atoms with Crippen molar-refractivity contribution in [3.63, 3.8) is 0 Å². The van der Waals surface area contributed by atoms with Crippen LogP contribution in [-0.4, -0.2) is 38.8 Å². The molecule has 0 spiro atoms. The van der Waals surface area contributed by atoms with Gasteiger partial charge in [0, 0.05) is 29.7 Å². The molecule has 0 bridgehead atoms.